The Kier molecular flexibility index (Phi) is 6.08. The molecule has 20 heavy (non-hydrogen) atoms. The second kappa shape index (κ2) is 7.34. The molecule has 1 aromatic rings. The van der Waals surface area contributed by atoms with Gasteiger partial charge in [0.25, 0.3) is 10.2 Å². The summed E-state index contributed by atoms with van der Waals surface area (Å²) in [4.78, 5) is 10.4. The van der Waals surface area contributed by atoms with E-state index in [2.05, 4.69) is 4.72 Å². The van der Waals surface area contributed by atoms with E-state index in [1.165, 1.54) is 7.05 Å². The molecule has 7 nitrogen and oxygen atoms in total. The van der Waals surface area contributed by atoms with Crippen LogP contribution in [0.5, 0.6) is 0 Å². The van der Waals surface area contributed by atoms with Crippen molar-refractivity contribution in [1.82, 2.24) is 9.03 Å². The van der Waals surface area contributed by atoms with Crippen LogP contribution < -0.4 is 4.72 Å². The summed E-state index contributed by atoms with van der Waals surface area (Å²) in [5.74, 6) is -1.08. The molecule has 0 aliphatic heterocycles. The minimum absolute atomic E-state index is 0.141. The maximum absolute atomic E-state index is 12.0. The predicted octanol–water partition coefficient (Wildman–Crippen LogP) is -0.0391. The average Bonchev–Trinajstić information content (AvgIpc) is 2.43. The predicted molar refractivity (Wildman–Crippen MR) is 73.2 cm³/mol. The number of benzene rings is 1. The molecular weight excluding hydrogens is 284 g/mol. The fraction of sp³-hybridized carbons (Fsp3) is 0.417. The normalized spacial score (nSPS) is 13.3. The third-order valence-corrected chi connectivity index (χ3v) is 4.31. The number of nitrogens with one attached hydrogen (secondary N) is 1. The molecule has 0 radical (unpaired) electrons. The number of hydrogen-bond acceptors (Lipinski definition) is 4. The molecule has 1 rings (SSSR count). The maximum Gasteiger partial charge on any atom is 0.304 e. The van der Waals surface area contributed by atoms with E-state index in [1.807, 2.05) is 0 Å². The van der Waals surface area contributed by atoms with E-state index in [-0.39, 0.29) is 13.0 Å². The van der Waals surface area contributed by atoms with Crippen molar-refractivity contribution >= 4 is 16.2 Å². The topological polar surface area (TPSA) is 107 Å². The van der Waals surface area contributed by atoms with Crippen LogP contribution in [0.15, 0.2) is 30.3 Å². The minimum atomic E-state index is -3.86. The standard InChI is InChI=1S/C12H18N2O5S/c1-14(8-7-12(16)17)20(18,19)13-11(9-15)10-5-3-2-4-6-10/h2-6,11,13,15H,7-9H2,1H3,(H,16,17)/t11-/m1/s1. The van der Waals surface area contributed by atoms with Gasteiger partial charge in [0.05, 0.1) is 19.1 Å². The molecule has 3 N–H and O–H groups in total. The molecule has 1 aromatic carbocycles. The molecule has 0 aromatic heterocycles. The van der Waals surface area contributed by atoms with Gasteiger partial charge in [0.1, 0.15) is 0 Å². The number of carboxylic acids is 1. The lowest BCUT2D eigenvalue weighted by molar-refractivity contribution is -0.137. The molecule has 0 amide bonds. The molecule has 0 spiro atoms. The number of aliphatic carboxylic acids is 1. The van der Waals surface area contributed by atoms with Gasteiger partial charge in [-0.2, -0.15) is 17.4 Å². The monoisotopic (exact) mass is 302 g/mol. The second-order valence-corrected chi connectivity index (χ2v) is 6.04. The third-order valence-electron chi connectivity index (χ3n) is 2.73. The highest BCUT2D eigenvalue weighted by Crippen LogP contribution is 2.13. The van der Waals surface area contributed by atoms with Crippen LogP contribution in [-0.2, 0) is 15.0 Å². The van der Waals surface area contributed by atoms with Gasteiger partial charge >= 0.3 is 5.97 Å². The van der Waals surface area contributed by atoms with E-state index >= 15 is 0 Å². The number of rotatable bonds is 8. The minimum Gasteiger partial charge on any atom is -0.481 e. The Labute approximate surface area is 118 Å². The van der Waals surface area contributed by atoms with Crippen molar-refractivity contribution in [1.29, 1.82) is 0 Å². The largest absolute Gasteiger partial charge is 0.481 e. The molecule has 0 heterocycles. The maximum atomic E-state index is 12.0. The molecule has 112 valence electrons. The molecular formula is C12H18N2O5S. The Balaban J connectivity index is 2.75. The number of aliphatic hydroxyl groups excluding tert-OH is 1. The van der Waals surface area contributed by atoms with E-state index in [0.29, 0.717) is 5.56 Å². The van der Waals surface area contributed by atoms with Crippen LogP contribution in [0.1, 0.15) is 18.0 Å². The van der Waals surface area contributed by atoms with Crippen molar-refractivity contribution in [3.8, 4) is 0 Å². The van der Waals surface area contributed by atoms with Crippen molar-refractivity contribution in [3.63, 3.8) is 0 Å². The van der Waals surface area contributed by atoms with E-state index < -0.39 is 28.8 Å². The highest BCUT2D eigenvalue weighted by molar-refractivity contribution is 7.87. The smallest absolute Gasteiger partial charge is 0.304 e. The fourth-order valence-corrected chi connectivity index (χ4v) is 2.62. The highest BCUT2D eigenvalue weighted by atomic mass is 32.2. The van der Waals surface area contributed by atoms with Gasteiger partial charge in [-0.3, -0.25) is 4.79 Å². The molecule has 0 aliphatic carbocycles. The first-order valence-electron chi connectivity index (χ1n) is 5.98. The van der Waals surface area contributed by atoms with E-state index in [0.717, 1.165) is 4.31 Å². The van der Waals surface area contributed by atoms with Gasteiger partial charge in [0.2, 0.25) is 0 Å². The number of nitrogens with zero attached hydrogens (tertiary/aromatic N) is 1. The van der Waals surface area contributed by atoms with Crippen LogP contribution in [0.4, 0.5) is 0 Å². The summed E-state index contributed by atoms with van der Waals surface area (Å²) in [6.07, 6.45) is -0.285. The molecule has 8 heteroatoms. The van der Waals surface area contributed by atoms with Crippen molar-refractivity contribution < 1.29 is 23.4 Å². The van der Waals surface area contributed by atoms with Gasteiger partial charge in [-0.15, -0.1) is 0 Å². The third kappa shape index (κ3) is 4.89. The second-order valence-electron chi connectivity index (χ2n) is 4.23. The van der Waals surface area contributed by atoms with Crippen LogP contribution in [0.25, 0.3) is 0 Å². The molecule has 0 bridgehead atoms. The van der Waals surface area contributed by atoms with E-state index in [1.54, 1.807) is 30.3 Å². The molecule has 0 saturated heterocycles. The van der Waals surface area contributed by atoms with Crippen LogP contribution in [-0.4, -0.2) is 49.1 Å². The van der Waals surface area contributed by atoms with Gasteiger partial charge in [-0.1, -0.05) is 30.3 Å². The van der Waals surface area contributed by atoms with Gasteiger partial charge < -0.3 is 10.2 Å². The Hall–Kier alpha value is -1.48. The van der Waals surface area contributed by atoms with Gasteiger partial charge in [0.15, 0.2) is 0 Å². The highest BCUT2D eigenvalue weighted by Gasteiger charge is 2.23. The summed E-state index contributed by atoms with van der Waals surface area (Å²) in [5.41, 5.74) is 0.630. The Bertz CT molecular complexity index is 532. The number of hydrogen-bond donors (Lipinski definition) is 3. The fourth-order valence-electron chi connectivity index (χ4n) is 1.54. The van der Waals surface area contributed by atoms with Crippen molar-refractivity contribution in [2.45, 2.75) is 12.5 Å². The van der Waals surface area contributed by atoms with Crippen molar-refractivity contribution in [2.24, 2.45) is 0 Å². The molecule has 0 aliphatic rings. The molecule has 0 unspecified atom stereocenters. The average molecular weight is 302 g/mol. The van der Waals surface area contributed by atoms with Crippen LogP contribution in [0.2, 0.25) is 0 Å². The molecule has 0 saturated carbocycles. The summed E-state index contributed by atoms with van der Waals surface area (Å²) < 4.78 is 27.2. The Morgan fingerprint density at radius 3 is 2.45 bits per heavy atom. The zero-order valence-electron chi connectivity index (χ0n) is 11.1. The summed E-state index contributed by atoms with van der Waals surface area (Å²) in [6, 6.07) is 7.88. The van der Waals surface area contributed by atoms with Gasteiger partial charge in [-0.05, 0) is 5.56 Å². The SMILES string of the molecule is CN(CCC(=O)O)S(=O)(=O)N[C@H](CO)c1ccccc1. The lowest BCUT2D eigenvalue weighted by Crippen LogP contribution is -2.42. The summed E-state index contributed by atoms with van der Waals surface area (Å²) >= 11 is 0. The molecule has 0 fully saturated rings. The summed E-state index contributed by atoms with van der Waals surface area (Å²) in [6.45, 7) is -0.534. The number of carbonyl (C=O) groups is 1. The quantitative estimate of drug-likeness (QED) is 0.624. The zero-order chi connectivity index (χ0) is 15.2. The Morgan fingerprint density at radius 1 is 1.35 bits per heavy atom. The van der Waals surface area contributed by atoms with Crippen LogP contribution in [0, 0.1) is 0 Å². The first kappa shape index (κ1) is 16.6. The van der Waals surface area contributed by atoms with Gasteiger partial charge in [0, 0.05) is 13.6 Å². The Morgan fingerprint density at radius 2 is 1.95 bits per heavy atom. The lowest BCUT2D eigenvalue weighted by atomic mass is 10.1. The number of aliphatic hydroxyl groups is 1. The van der Waals surface area contributed by atoms with Crippen LogP contribution >= 0.6 is 0 Å². The first-order chi connectivity index (χ1) is 9.36. The summed E-state index contributed by atoms with van der Waals surface area (Å²) in [5, 5.41) is 17.9. The van der Waals surface area contributed by atoms with Crippen molar-refractivity contribution in [2.75, 3.05) is 20.2 Å². The zero-order valence-corrected chi connectivity index (χ0v) is 11.9. The lowest BCUT2D eigenvalue weighted by Gasteiger charge is -2.22. The van der Waals surface area contributed by atoms with E-state index in [4.69, 9.17) is 5.11 Å². The first-order valence-corrected chi connectivity index (χ1v) is 7.42. The summed E-state index contributed by atoms with van der Waals surface area (Å²) in [7, 11) is -2.57. The van der Waals surface area contributed by atoms with Crippen LogP contribution in [0.3, 0.4) is 0 Å². The van der Waals surface area contributed by atoms with Gasteiger partial charge in [-0.25, -0.2) is 0 Å². The molecule has 1 atom stereocenters. The van der Waals surface area contributed by atoms with Crippen molar-refractivity contribution in [3.05, 3.63) is 35.9 Å². The van der Waals surface area contributed by atoms with E-state index in [9.17, 15) is 18.3 Å². The number of carboxylic acid groups (broad SMARTS) is 1.